The molecule has 0 aliphatic rings. The molecule has 0 fully saturated rings. The molecule has 0 bridgehead atoms. The molecular weight excluding hydrogens is 296 g/mol. The Morgan fingerprint density at radius 1 is 1.35 bits per heavy atom. The van der Waals surface area contributed by atoms with Crippen LogP contribution >= 0.6 is 11.3 Å². The number of methoxy groups -OCH3 is 1. The van der Waals surface area contributed by atoms with Crippen LogP contribution in [-0.2, 0) is 16.4 Å². The van der Waals surface area contributed by atoms with Gasteiger partial charge in [-0.2, -0.15) is 11.3 Å². The van der Waals surface area contributed by atoms with Crippen LogP contribution in [0.4, 0.5) is 5.69 Å². The van der Waals surface area contributed by atoms with E-state index in [0.717, 1.165) is 5.56 Å². The van der Waals surface area contributed by atoms with E-state index in [9.17, 15) is 8.42 Å². The van der Waals surface area contributed by atoms with Crippen LogP contribution in [0, 0.1) is 0 Å². The molecule has 5 nitrogen and oxygen atoms in total. The third-order valence-electron chi connectivity index (χ3n) is 2.80. The fourth-order valence-electron chi connectivity index (χ4n) is 1.73. The van der Waals surface area contributed by atoms with Gasteiger partial charge in [0.05, 0.1) is 17.7 Å². The summed E-state index contributed by atoms with van der Waals surface area (Å²) in [7, 11) is -2.06. The molecule has 0 amide bonds. The number of nitrogen functional groups attached to an aromatic ring is 1. The largest absolute Gasteiger partial charge is 0.495 e. The maximum absolute atomic E-state index is 12.1. The molecule has 0 saturated heterocycles. The van der Waals surface area contributed by atoms with Crippen LogP contribution in [0.25, 0.3) is 0 Å². The number of hydrogen-bond donors (Lipinski definition) is 2. The van der Waals surface area contributed by atoms with Crippen molar-refractivity contribution in [1.29, 1.82) is 0 Å². The normalized spacial score (nSPS) is 11.4. The quantitative estimate of drug-likeness (QED) is 0.798. The maximum Gasteiger partial charge on any atom is 0.240 e. The summed E-state index contributed by atoms with van der Waals surface area (Å²) in [5, 5.41) is 3.97. The van der Waals surface area contributed by atoms with Gasteiger partial charge in [-0.05, 0) is 47.0 Å². The van der Waals surface area contributed by atoms with Gasteiger partial charge in [-0.15, -0.1) is 0 Å². The summed E-state index contributed by atoms with van der Waals surface area (Å²) in [6.07, 6.45) is 0.661. The molecule has 20 heavy (non-hydrogen) atoms. The zero-order valence-corrected chi connectivity index (χ0v) is 12.6. The van der Waals surface area contributed by atoms with Crippen molar-refractivity contribution in [2.75, 3.05) is 19.4 Å². The van der Waals surface area contributed by atoms with Crippen LogP contribution in [0.5, 0.6) is 5.75 Å². The molecule has 1 aromatic heterocycles. The van der Waals surface area contributed by atoms with Gasteiger partial charge in [-0.3, -0.25) is 0 Å². The van der Waals surface area contributed by atoms with Gasteiger partial charge in [0, 0.05) is 6.54 Å². The summed E-state index contributed by atoms with van der Waals surface area (Å²) in [5.41, 5.74) is 7.14. The molecule has 0 radical (unpaired) electrons. The highest BCUT2D eigenvalue weighted by Gasteiger charge is 2.15. The molecule has 0 unspecified atom stereocenters. The summed E-state index contributed by atoms with van der Waals surface area (Å²) >= 11 is 1.59. The molecule has 108 valence electrons. The first kappa shape index (κ1) is 14.8. The van der Waals surface area contributed by atoms with Crippen molar-refractivity contribution in [3.63, 3.8) is 0 Å². The number of ether oxygens (including phenoxy) is 1. The topological polar surface area (TPSA) is 81.4 Å². The Kier molecular flexibility index (Phi) is 4.64. The maximum atomic E-state index is 12.1. The Morgan fingerprint density at radius 2 is 2.15 bits per heavy atom. The third-order valence-corrected chi connectivity index (χ3v) is 4.99. The minimum atomic E-state index is -3.54. The summed E-state index contributed by atoms with van der Waals surface area (Å²) in [4.78, 5) is 0.140. The lowest BCUT2D eigenvalue weighted by Crippen LogP contribution is -2.26. The Morgan fingerprint density at radius 3 is 2.75 bits per heavy atom. The van der Waals surface area contributed by atoms with E-state index in [0.29, 0.717) is 24.4 Å². The molecule has 0 aliphatic heterocycles. The Balaban J connectivity index is 2.04. The van der Waals surface area contributed by atoms with Crippen LogP contribution < -0.4 is 15.2 Å². The van der Waals surface area contributed by atoms with E-state index >= 15 is 0 Å². The molecule has 2 rings (SSSR count). The minimum absolute atomic E-state index is 0.140. The summed E-state index contributed by atoms with van der Waals surface area (Å²) in [6.45, 7) is 0.352. The van der Waals surface area contributed by atoms with Gasteiger partial charge in [0.2, 0.25) is 10.0 Å². The van der Waals surface area contributed by atoms with E-state index in [-0.39, 0.29) is 4.90 Å². The van der Waals surface area contributed by atoms with Crippen molar-refractivity contribution < 1.29 is 13.2 Å². The Hall–Kier alpha value is -1.57. The van der Waals surface area contributed by atoms with Crippen molar-refractivity contribution >= 4 is 27.0 Å². The van der Waals surface area contributed by atoms with E-state index in [1.165, 1.54) is 19.2 Å². The van der Waals surface area contributed by atoms with E-state index in [2.05, 4.69) is 4.72 Å². The summed E-state index contributed by atoms with van der Waals surface area (Å²) in [6, 6.07) is 6.39. The SMILES string of the molecule is COc1ccc(S(=O)(=O)NCCc2ccsc2)cc1N. The Labute approximate surface area is 122 Å². The minimum Gasteiger partial charge on any atom is -0.495 e. The van der Waals surface area contributed by atoms with Crippen molar-refractivity contribution in [3.8, 4) is 5.75 Å². The predicted molar refractivity (Wildman–Crippen MR) is 80.6 cm³/mol. The van der Waals surface area contributed by atoms with Crippen LogP contribution in [0.1, 0.15) is 5.56 Å². The molecule has 1 aromatic carbocycles. The van der Waals surface area contributed by atoms with Gasteiger partial charge >= 0.3 is 0 Å². The smallest absolute Gasteiger partial charge is 0.240 e. The summed E-state index contributed by atoms with van der Waals surface area (Å²) in [5.74, 6) is 0.460. The standard InChI is InChI=1S/C13H16N2O3S2/c1-18-13-3-2-11(8-12(13)14)20(16,17)15-6-4-10-5-7-19-9-10/h2-3,5,7-9,15H,4,6,14H2,1H3. The van der Waals surface area contributed by atoms with Gasteiger partial charge in [-0.25, -0.2) is 13.1 Å². The fraction of sp³-hybridized carbons (Fsp3) is 0.231. The van der Waals surface area contributed by atoms with E-state index < -0.39 is 10.0 Å². The zero-order chi connectivity index (χ0) is 14.6. The number of sulfonamides is 1. The molecule has 1 heterocycles. The average Bonchev–Trinajstić information content (AvgIpc) is 2.91. The van der Waals surface area contributed by atoms with E-state index in [1.807, 2.05) is 16.8 Å². The lowest BCUT2D eigenvalue weighted by Gasteiger charge is -2.09. The van der Waals surface area contributed by atoms with Crippen molar-refractivity contribution in [1.82, 2.24) is 4.72 Å². The Bertz CT molecular complexity index is 667. The van der Waals surface area contributed by atoms with Gasteiger partial charge in [0.1, 0.15) is 5.75 Å². The van der Waals surface area contributed by atoms with Gasteiger partial charge in [0.25, 0.3) is 0 Å². The zero-order valence-electron chi connectivity index (χ0n) is 11.0. The van der Waals surface area contributed by atoms with Crippen molar-refractivity contribution in [3.05, 3.63) is 40.6 Å². The number of thiophene rings is 1. The first-order chi connectivity index (χ1) is 9.53. The van der Waals surface area contributed by atoms with Gasteiger partial charge in [-0.1, -0.05) is 0 Å². The molecule has 7 heteroatoms. The fourth-order valence-corrected chi connectivity index (χ4v) is 3.50. The molecular formula is C13H16N2O3S2. The number of nitrogens with one attached hydrogen (secondary N) is 1. The predicted octanol–water partition coefficient (Wildman–Crippen LogP) is 1.86. The van der Waals surface area contributed by atoms with Gasteiger partial charge in [0.15, 0.2) is 0 Å². The van der Waals surface area contributed by atoms with E-state index in [4.69, 9.17) is 10.5 Å². The second kappa shape index (κ2) is 6.25. The van der Waals surface area contributed by atoms with Gasteiger partial charge < -0.3 is 10.5 Å². The summed E-state index contributed by atoms with van der Waals surface area (Å²) < 4.78 is 31.8. The number of rotatable bonds is 6. The van der Waals surface area contributed by atoms with E-state index in [1.54, 1.807) is 17.4 Å². The number of benzene rings is 1. The number of nitrogens with two attached hydrogens (primary N) is 1. The highest BCUT2D eigenvalue weighted by molar-refractivity contribution is 7.89. The average molecular weight is 312 g/mol. The number of hydrogen-bond acceptors (Lipinski definition) is 5. The molecule has 2 aromatic rings. The molecule has 3 N–H and O–H groups in total. The molecule has 0 spiro atoms. The second-order valence-electron chi connectivity index (χ2n) is 4.18. The monoisotopic (exact) mass is 312 g/mol. The van der Waals surface area contributed by atoms with Crippen LogP contribution in [-0.4, -0.2) is 22.1 Å². The third kappa shape index (κ3) is 3.50. The first-order valence-electron chi connectivity index (χ1n) is 5.97. The highest BCUT2D eigenvalue weighted by atomic mass is 32.2. The molecule has 0 aliphatic carbocycles. The lowest BCUT2D eigenvalue weighted by atomic mass is 10.2. The first-order valence-corrected chi connectivity index (χ1v) is 8.40. The molecule has 0 atom stereocenters. The van der Waals surface area contributed by atoms with Crippen LogP contribution in [0.3, 0.4) is 0 Å². The highest BCUT2D eigenvalue weighted by Crippen LogP contribution is 2.24. The van der Waals surface area contributed by atoms with Crippen molar-refractivity contribution in [2.24, 2.45) is 0 Å². The lowest BCUT2D eigenvalue weighted by molar-refractivity contribution is 0.416. The molecule has 0 saturated carbocycles. The second-order valence-corrected chi connectivity index (χ2v) is 6.73. The number of anilines is 1. The van der Waals surface area contributed by atoms with Crippen LogP contribution in [0.15, 0.2) is 39.9 Å². The van der Waals surface area contributed by atoms with Crippen molar-refractivity contribution in [2.45, 2.75) is 11.3 Å². The van der Waals surface area contributed by atoms with Crippen LogP contribution in [0.2, 0.25) is 0 Å².